The molecule has 0 saturated heterocycles. The standard InChI is InChI=1S/C18H22F2NO2P/c1-4-12(2)14-6-7-15(16(9-14)22-3)23-11-13-5-8-17(21-10-13)18(19,20)24/h5-10,12H,4,11,24H2,1-3H3. The molecule has 0 bridgehead atoms. The molecular weight excluding hydrogens is 331 g/mol. The monoisotopic (exact) mass is 353 g/mol. The number of aromatic nitrogens is 1. The molecule has 0 N–H and O–H groups in total. The van der Waals surface area contributed by atoms with E-state index in [0.29, 0.717) is 23.0 Å². The minimum Gasteiger partial charge on any atom is -0.493 e. The molecule has 0 aliphatic heterocycles. The highest BCUT2D eigenvalue weighted by atomic mass is 31.0. The lowest BCUT2D eigenvalue weighted by atomic mass is 9.98. The maximum Gasteiger partial charge on any atom is 0.300 e. The third-order valence-electron chi connectivity index (χ3n) is 3.93. The van der Waals surface area contributed by atoms with E-state index in [-0.39, 0.29) is 12.3 Å². The van der Waals surface area contributed by atoms with Crippen molar-refractivity contribution in [3.63, 3.8) is 0 Å². The molecule has 1 aromatic carbocycles. The van der Waals surface area contributed by atoms with E-state index in [1.165, 1.54) is 27.1 Å². The van der Waals surface area contributed by atoms with Crippen molar-refractivity contribution in [1.82, 2.24) is 4.98 Å². The Hall–Kier alpha value is -1.74. The lowest BCUT2D eigenvalue weighted by Gasteiger charge is -2.15. The fourth-order valence-corrected chi connectivity index (χ4v) is 2.38. The summed E-state index contributed by atoms with van der Waals surface area (Å²) in [5.41, 5.74) is -1.41. The largest absolute Gasteiger partial charge is 0.493 e. The van der Waals surface area contributed by atoms with Gasteiger partial charge in [0.2, 0.25) is 0 Å². The Balaban J connectivity index is 2.08. The number of pyridine rings is 1. The molecule has 0 saturated carbocycles. The summed E-state index contributed by atoms with van der Waals surface area (Å²) >= 11 is 0. The van der Waals surface area contributed by atoms with E-state index in [1.807, 2.05) is 18.2 Å². The molecule has 130 valence electrons. The summed E-state index contributed by atoms with van der Waals surface area (Å²) in [5.74, 6) is 1.72. The summed E-state index contributed by atoms with van der Waals surface area (Å²) in [6.07, 6.45) is 2.44. The summed E-state index contributed by atoms with van der Waals surface area (Å²) in [7, 11) is 3.07. The van der Waals surface area contributed by atoms with Crippen LogP contribution in [0.25, 0.3) is 0 Å². The van der Waals surface area contributed by atoms with Gasteiger partial charge >= 0.3 is 0 Å². The van der Waals surface area contributed by atoms with Crippen LogP contribution < -0.4 is 9.47 Å². The number of benzene rings is 1. The van der Waals surface area contributed by atoms with E-state index in [2.05, 4.69) is 18.8 Å². The van der Waals surface area contributed by atoms with Gasteiger partial charge in [-0.2, -0.15) is 8.78 Å². The average Bonchev–Trinajstić information content (AvgIpc) is 2.58. The Morgan fingerprint density at radius 2 is 1.96 bits per heavy atom. The molecule has 3 nitrogen and oxygen atoms in total. The third-order valence-corrected chi connectivity index (χ3v) is 4.23. The van der Waals surface area contributed by atoms with Crippen molar-refractivity contribution in [2.75, 3.05) is 7.11 Å². The molecule has 6 heteroatoms. The Bertz CT molecular complexity index is 672. The summed E-state index contributed by atoms with van der Waals surface area (Å²) in [6.45, 7) is 4.52. The van der Waals surface area contributed by atoms with Gasteiger partial charge in [-0.05, 0) is 36.1 Å². The first-order valence-corrected chi connectivity index (χ1v) is 8.35. The van der Waals surface area contributed by atoms with Gasteiger partial charge in [-0.15, -0.1) is 0 Å². The van der Waals surface area contributed by atoms with Crippen molar-refractivity contribution in [2.45, 2.75) is 38.5 Å². The first kappa shape index (κ1) is 18.6. The second-order valence-electron chi connectivity index (χ2n) is 5.68. The zero-order valence-corrected chi connectivity index (χ0v) is 15.2. The average molecular weight is 353 g/mol. The van der Waals surface area contributed by atoms with E-state index >= 15 is 0 Å². The third kappa shape index (κ3) is 4.64. The minimum atomic E-state index is -3.02. The molecule has 2 unspecified atom stereocenters. The summed E-state index contributed by atoms with van der Waals surface area (Å²) in [4.78, 5) is 3.77. The quantitative estimate of drug-likeness (QED) is 0.649. The minimum absolute atomic E-state index is 0.231. The maximum atomic E-state index is 13.1. The number of ether oxygens (including phenoxy) is 2. The molecule has 0 fully saturated rings. The molecule has 1 aromatic heterocycles. The Morgan fingerprint density at radius 3 is 2.50 bits per heavy atom. The normalized spacial score (nSPS) is 12.8. The molecule has 2 rings (SSSR count). The summed E-state index contributed by atoms with van der Waals surface area (Å²) < 4.78 is 37.4. The Kier molecular flexibility index (Phi) is 6.11. The van der Waals surface area contributed by atoms with Crippen LogP contribution in [0.1, 0.15) is 43.0 Å². The van der Waals surface area contributed by atoms with Crippen LogP contribution in [0.15, 0.2) is 36.5 Å². The number of alkyl halides is 2. The predicted octanol–water partition coefficient (Wildman–Crippen LogP) is 5.11. The van der Waals surface area contributed by atoms with Gasteiger partial charge in [0.25, 0.3) is 5.66 Å². The number of halogens is 2. The number of methoxy groups -OCH3 is 1. The molecule has 0 aliphatic rings. The zero-order chi connectivity index (χ0) is 17.7. The molecule has 0 aliphatic carbocycles. The fourth-order valence-electron chi connectivity index (χ4n) is 2.21. The molecule has 2 atom stereocenters. The van der Waals surface area contributed by atoms with E-state index in [0.717, 1.165) is 6.42 Å². The van der Waals surface area contributed by atoms with Crippen molar-refractivity contribution in [2.24, 2.45) is 0 Å². The van der Waals surface area contributed by atoms with Crippen LogP contribution >= 0.6 is 9.24 Å². The molecule has 2 aromatic rings. The van der Waals surface area contributed by atoms with Crippen LogP contribution in [0.5, 0.6) is 11.5 Å². The predicted molar refractivity (Wildman–Crippen MR) is 93.9 cm³/mol. The zero-order valence-electron chi connectivity index (χ0n) is 14.1. The lowest BCUT2D eigenvalue weighted by molar-refractivity contribution is 0.0985. The molecule has 24 heavy (non-hydrogen) atoms. The molecule has 0 spiro atoms. The van der Waals surface area contributed by atoms with Gasteiger partial charge in [-0.25, -0.2) is 0 Å². The van der Waals surface area contributed by atoms with E-state index in [9.17, 15) is 8.78 Å². The first-order valence-electron chi connectivity index (χ1n) is 7.78. The second-order valence-corrected chi connectivity index (χ2v) is 6.41. The van der Waals surface area contributed by atoms with Crippen molar-refractivity contribution in [3.05, 3.63) is 53.3 Å². The number of nitrogens with zero attached hydrogens (tertiary/aromatic N) is 1. The van der Waals surface area contributed by atoms with Gasteiger partial charge in [-0.1, -0.05) is 35.2 Å². The van der Waals surface area contributed by atoms with Crippen LogP contribution in [0.4, 0.5) is 8.78 Å². The SMILES string of the molecule is CCC(C)c1ccc(OCc2ccc(C(F)(F)P)nc2)c(OC)c1. The Morgan fingerprint density at radius 1 is 1.21 bits per heavy atom. The van der Waals surface area contributed by atoms with Crippen molar-refractivity contribution in [1.29, 1.82) is 0 Å². The molecule has 0 radical (unpaired) electrons. The highest BCUT2D eigenvalue weighted by Gasteiger charge is 2.25. The lowest BCUT2D eigenvalue weighted by Crippen LogP contribution is -2.06. The molecular formula is C18H22F2NO2P. The van der Waals surface area contributed by atoms with E-state index in [1.54, 1.807) is 13.2 Å². The highest BCUT2D eigenvalue weighted by molar-refractivity contribution is 7.17. The van der Waals surface area contributed by atoms with Gasteiger partial charge in [0.05, 0.1) is 7.11 Å². The van der Waals surface area contributed by atoms with Gasteiger partial charge < -0.3 is 9.47 Å². The van der Waals surface area contributed by atoms with Crippen molar-refractivity contribution in [3.8, 4) is 11.5 Å². The first-order chi connectivity index (χ1) is 11.3. The van der Waals surface area contributed by atoms with Gasteiger partial charge in [0, 0.05) is 11.8 Å². The smallest absolute Gasteiger partial charge is 0.300 e. The van der Waals surface area contributed by atoms with Gasteiger partial charge in [0.1, 0.15) is 12.3 Å². The maximum absolute atomic E-state index is 13.1. The molecule has 1 heterocycles. The van der Waals surface area contributed by atoms with Crippen LogP contribution in [0.3, 0.4) is 0 Å². The van der Waals surface area contributed by atoms with Crippen LogP contribution in [-0.2, 0) is 12.3 Å². The van der Waals surface area contributed by atoms with Crippen LogP contribution in [0.2, 0.25) is 0 Å². The van der Waals surface area contributed by atoms with Gasteiger partial charge in [0.15, 0.2) is 11.5 Å². The Labute approximate surface area is 143 Å². The summed E-state index contributed by atoms with van der Waals surface area (Å²) in [6, 6.07) is 8.75. The number of rotatable bonds is 7. The summed E-state index contributed by atoms with van der Waals surface area (Å²) in [5, 5.41) is 0. The van der Waals surface area contributed by atoms with Crippen molar-refractivity contribution >= 4 is 9.24 Å². The molecule has 0 amide bonds. The fraction of sp³-hybridized carbons (Fsp3) is 0.389. The second kappa shape index (κ2) is 7.89. The number of hydrogen-bond donors (Lipinski definition) is 0. The van der Waals surface area contributed by atoms with Crippen LogP contribution in [-0.4, -0.2) is 12.1 Å². The highest BCUT2D eigenvalue weighted by Crippen LogP contribution is 2.34. The topological polar surface area (TPSA) is 31.4 Å². The van der Waals surface area contributed by atoms with E-state index in [4.69, 9.17) is 9.47 Å². The number of hydrogen-bond acceptors (Lipinski definition) is 3. The van der Waals surface area contributed by atoms with Crippen LogP contribution in [0, 0.1) is 0 Å². The van der Waals surface area contributed by atoms with E-state index < -0.39 is 5.66 Å². The van der Waals surface area contributed by atoms with Crippen molar-refractivity contribution < 1.29 is 18.3 Å². The van der Waals surface area contributed by atoms with Gasteiger partial charge in [-0.3, -0.25) is 4.98 Å².